The Balaban J connectivity index is 1.90. The molecule has 0 saturated carbocycles. The fourth-order valence-corrected chi connectivity index (χ4v) is 2.82. The predicted molar refractivity (Wildman–Crippen MR) is 78.6 cm³/mol. The Labute approximate surface area is 119 Å². The standard InChI is InChI=1S/C15H21ClN2O/c1-2-18-8-4-7-14(18)11-17-15(19)13-6-3-5-12(9-13)10-16/h3,5-6,9,14H,2,4,7-8,10-11H2,1H3,(H,17,19). The first-order chi connectivity index (χ1) is 9.24. The number of carbonyl (C=O) groups is 1. The number of hydrogen-bond acceptors (Lipinski definition) is 2. The van der Waals surface area contributed by atoms with Crippen molar-refractivity contribution in [2.75, 3.05) is 19.6 Å². The zero-order valence-corrected chi connectivity index (χ0v) is 12.1. The normalized spacial score (nSPS) is 19.6. The number of likely N-dealkylation sites (tertiary alicyclic amines) is 1. The van der Waals surface area contributed by atoms with Crippen LogP contribution in [-0.2, 0) is 5.88 Å². The Morgan fingerprint density at radius 2 is 2.37 bits per heavy atom. The molecule has 1 fully saturated rings. The molecule has 104 valence electrons. The maximum absolute atomic E-state index is 12.1. The molecule has 1 aromatic rings. The highest BCUT2D eigenvalue weighted by Crippen LogP contribution is 2.16. The van der Waals surface area contributed by atoms with Crippen LogP contribution in [0.15, 0.2) is 24.3 Å². The highest BCUT2D eigenvalue weighted by Gasteiger charge is 2.23. The van der Waals surface area contributed by atoms with Crippen LogP contribution >= 0.6 is 11.6 Å². The molecular weight excluding hydrogens is 260 g/mol. The van der Waals surface area contributed by atoms with Gasteiger partial charge in [-0.1, -0.05) is 19.1 Å². The number of likely N-dealkylation sites (N-methyl/N-ethyl adjacent to an activating group) is 1. The van der Waals surface area contributed by atoms with Gasteiger partial charge in [-0.05, 0) is 43.6 Å². The summed E-state index contributed by atoms with van der Waals surface area (Å²) in [5, 5.41) is 3.03. The molecule has 1 heterocycles. The van der Waals surface area contributed by atoms with Crippen molar-refractivity contribution in [3.05, 3.63) is 35.4 Å². The monoisotopic (exact) mass is 280 g/mol. The van der Waals surface area contributed by atoms with Crippen molar-refractivity contribution in [2.24, 2.45) is 0 Å². The third-order valence-electron chi connectivity index (χ3n) is 3.75. The largest absolute Gasteiger partial charge is 0.350 e. The van der Waals surface area contributed by atoms with Crippen LogP contribution in [0.4, 0.5) is 0 Å². The number of nitrogens with one attached hydrogen (secondary N) is 1. The quantitative estimate of drug-likeness (QED) is 0.841. The van der Waals surface area contributed by atoms with Crippen molar-refractivity contribution in [3.8, 4) is 0 Å². The van der Waals surface area contributed by atoms with Gasteiger partial charge in [0.05, 0.1) is 0 Å². The topological polar surface area (TPSA) is 32.3 Å². The molecular formula is C15H21ClN2O. The first-order valence-corrected chi connectivity index (χ1v) is 7.45. The van der Waals surface area contributed by atoms with Gasteiger partial charge in [-0.25, -0.2) is 0 Å². The van der Waals surface area contributed by atoms with E-state index in [9.17, 15) is 4.79 Å². The lowest BCUT2D eigenvalue weighted by molar-refractivity contribution is 0.0941. The number of benzene rings is 1. The molecule has 1 saturated heterocycles. The van der Waals surface area contributed by atoms with Crippen molar-refractivity contribution >= 4 is 17.5 Å². The molecule has 19 heavy (non-hydrogen) atoms. The van der Waals surface area contributed by atoms with Crippen molar-refractivity contribution in [3.63, 3.8) is 0 Å². The first kappa shape index (κ1) is 14.4. The van der Waals surface area contributed by atoms with E-state index in [-0.39, 0.29) is 5.91 Å². The molecule has 2 rings (SSSR count). The summed E-state index contributed by atoms with van der Waals surface area (Å²) in [7, 11) is 0. The Morgan fingerprint density at radius 3 is 3.11 bits per heavy atom. The van der Waals surface area contributed by atoms with E-state index in [2.05, 4.69) is 17.1 Å². The van der Waals surface area contributed by atoms with Gasteiger partial charge in [-0.2, -0.15) is 0 Å². The Hall–Kier alpha value is -1.06. The van der Waals surface area contributed by atoms with Gasteiger partial charge in [0.1, 0.15) is 0 Å². The predicted octanol–water partition coefficient (Wildman–Crippen LogP) is 2.64. The third-order valence-corrected chi connectivity index (χ3v) is 4.06. The Bertz CT molecular complexity index is 436. The van der Waals surface area contributed by atoms with Gasteiger partial charge in [-0.3, -0.25) is 9.69 Å². The number of halogens is 1. The number of hydrogen-bond donors (Lipinski definition) is 1. The van der Waals surface area contributed by atoms with Crippen molar-refractivity contribution in [1.82, 2.24) is 10.2 Å². The summed E-state index contributed by atoms with van der Waals surface area (Å²) < 4.78 is 0. The lowest BCUT2D eigenvalue weighted by Crippen LogP contribution is -2.40. The summed E-state index contributed by atoms with van der Waals surface area (Å²) in [6.45, 7) is 5.11. The van der Waals surface area contributed by atoms with Crippen LogP contribution in [0.1, 0.15) is 35.7 Å². The van der Waals surface area contributed by atoms with E-state index in [1.54, 1.807) is 0 Å². The Kier molecular flexibility index (Phi) is 5.23. The molecule has 1 amide bonds. The molecule has 0 bridgehead atoms. The highest BCUT2D eigenvalue weighted by atomic mass is 35.5. The van der Waals surface area contributed by atoms with Gasteiger partial charge in [0, 0.05) is 24.0 Å². The zero-order chi connectivity index (χ0) is 13.7. The van der Waals surface area contributed by atoms with Crippen molar-refractivity contribution < 1.29 is 4.79 Å². The maximum Gasteiger partial charge on any atom is 0.251 e. The summed E-state index contributed by atoms with van der Waals surface area (Å²) in [5.74, 6) is 0.433. The molecule has 0 radical (unpaired) electrons. The lowest BCUT2D eigenvalue weighted by atomic mass is 10.1. The van der Waals surface area contributed by atoms with E-state index in [0.29, 0.717) is 17.5 Å². The molecule has 3 nitrogen and oxygen atoms in total. The SMILES string of the molecule is CCN1CCCC1CNC(=O)c1cccc(CCl)c1. The molecule has 1 aliphatic heterocycles. The molecule has 4 heteroatoms. The maximum atomic E-state index is 12.1. The second kappa shape index (κ2) is 6.92. The molecule has 0 aromatic heterocycles. The summed E-state index contributed by atoms with van der Waals surface area (Å²) >= 11 is 5.78. The van der Waals surface area contributed by atoms with Crippen LogP contribution in [0.3, 0.4) is 0 Å². The average molecular weight is 281 g/mol. The van der Waals surface area contributed by atoms with Gasteiger partial charge in [0.15, 0.2) is 0 Å². The van der Waals surface area contributed by atoms with E-state index >= 15 is 0 Å². The van der Waals surface area contributed by atoms with Gasteiger partial charge >= 0.3 is 0 Å². The minimum Gasteiger partial charge on any atom is -0.350 e. The number of rotatable bonds is 5. The van der Waals surface area contributed by atoms with E-state index in [4.69, 9.17) is 11.6 Å². The molecule has 0 aliphatic carbocycles. The van der Waals surface area contributed by atoms with E-state index in [1.807, 2.05) is 24.3 Å². The average Bonchev–Trinajstić information content (AvgIpc) is 2.92. The minimum absolute atomic E-state index is 0.00470. The van der Waals surface area contributed by atoms with Crippen LogP contribution in [-0.4, -0.2) is 36.5 Å². The first-order valence-electron chi connectivity index (χ1n) is 6.91. The molecule has 1 aliphatic rings. The summed E-state index contributed by atoms with van der Waals surface area (Å²) in [6.07, 6.45) is 2.41. The van der Waals surface area contributed by atoms with Crippen LogP contribution < -0.4 is 5.32 Å². The van der Waals surface area contributed by atoms with E-state index in [0.717, 1.165) is 25.2 Å². The molecule has 0 spiro atoms. The smallest absolute Gasteiger partial charge is 0.251 e. The van der Waals surface area contributed by atoms with Crippen LogP contribution in [0, 0.1) is 0 Å². The summed E-state index contributed by atoms with van der Waals surface area (Å²) in [4.78, 5) is 14.5. The van der Waals surface area contributed by atoms with Crippen LogP contribution in [0.5, 0.6) is 0 Å². The van der Waals surface area contributed by atoms with Crippen LogP contribution in [0.2, 0.25) is 0 Å². The number of alkyl halides is 1. The van der Waals surface area contributed by atoms with Crippen molar-refractivity contribution in [2.45, 2.75) is 31.7 Å². The number of amides is 1. The fourth-order valence-electron chi connectivity index (χ4n) is 2.65. The highest BCUT2D eigenvalue weighted by molar-refractivity contribution is 6.17. The summed E-state index contributed by atoms with van der Waals surface area (Å²) in [6, 6.07) is 7.98. The second-order valence-corrected chi connectivity index (χ2v) is 5.24. The molecule has 1 unspecified atom stereocenters. The number of nitrogens with zero attached hydrogens (tertiary/aromatic N) is 1. The fraction of sp³-hybridized carbons (Fsp3) is 0.533. The summed E-state index contributed by atoms with van der Waals surface area (Å²) in [5.41, 5.74) is 1.67. The van der Waals surface area contributed by atoms with Gasteiger partial charge in [0.2, 0.25) is 0 Å². The second-order valence-electron chi connectivity index (χ2n) is 4.97. The van der Waals surface area contributed by atoms with Crippen molar-refractivity contribution in [1.29, 1.82) is 0 Å². The van der Waals surface area contributed by atoms with Gasteiger partial charge < -0.3 is 5.32 Å². The third kappa shape index (κ3) is 3.71. The lowest BCUT2D eigenvalue weighted by Gasteiger charge is -2.22. The molecule has 1 aromatic carbocycles. The molecule has 1 N–H and O–H groups in total. The van der Waals surface area contributed by atoms with Gasteiger partial charge in [0.25, 0.3) is 5.91 Å². The van der Waals surface area contributed by atoms with Crippen LogP contribution in [0.25, 0.3) is 0 Å². The number of carbonyl (C=O) groups excluding carboxylic acids is 1. The van der Waals surface area contributed by atoms with E-state index < -0.39 is 0 Å². The minimum atomic E-state index is -0.00470. The van der Waals surface area contributed by atoms with E-state index in [1.165, 1.54) is 12.8 Å². The molecule has 1 atom stereocenters. The van der Waals surface area contributed by atoms with Gasteiger partial charge in [-0.15, -0.1) is 11.6 Å². The zero-order valence-electron chi connectivity index (χ0n) is 11.4. The Morgan fingerprint density at radius 1 is 1.53 bits per heavy atom.